The van der Waals surface area contributed by atoms with E-state index in [-0.39, 0.29) is 24.5 Å². The van der Waals surface area contributed by atoms with Crippen LogP contribution in [-0.4, -0.2) is 112 Å². The molecule has 0 heterocycles. The Morgan fingerprint density at radius 3 is 1.40 bits per heavy atom. The van der Waals surface area contributed by atoms with Crippen molar-refractivity contribution in [1.29, 1.82) is 0 Å². The van der Waals surface area contributed by atoms with Crippen molar-refractivity contribution in [3.8, 4) is 0 Å². The number of nitrogens with zero attached hydrogens (tertiary/aromatic N) is 2. The summed E-state index contributed by atoms with van der Waals surface area (Å²) in [7, 11) is 2.13. The molecular weight excluding hydrogens is 809 g/mol. The summed E-state index contributed by atoms with van der Waals surface area (Å²) in [6.07, 6.45) is 43.0. The first kappa shape index (κ1) is 61.8. The molecular formula is C56H112N4O5. The van der Waals surface area contributed by atoms with Crippen molar-refractivity contribution in [2.24, 2.45) is 11.8 Å². The largest absolute Gasteiger partial charge is 0.395 e. The fraction of sp³-hybridized carbons (Fsp3) is 0.964. The van der Waals surface area contributed by atoms with Crippen LogP contribution < -0.4 is 10.6 Å². The van der Waals surface area contributed by atoms with Crippen molar-refractivity contribution >= 4 is 11.8 Å². The second-order valence-electron chi connectivity index (χ2n) is 20.4. The maximum absolute atomic E-state index is 13.2. The molecule has 1 fully saturated rings. The van der Waals surface area contributed by atoms with Crippen LogP contribution in [0.3, 0.4) is 0 Å². The Labute approximate surface area is 404 Å². The fourth-order valence-electron chi connectivity index (χ4n) is 9.88. The van der Waals surface area contributed by atoms with Crippen LogP contribution in [0.4, 0.5) is 0 Å². The second-order valence-corrected chi connectivity index (χ2v) is 20.4. The third kappa shape index (κ3) is 38.3. The summed E-state index contributed by atoms with van der Waals surface area (Å²) >= 11 is 0. The van der Waals surface area contributed by atoms with E-state index in [1.165, 1.54) is 212 Å². The summed E-state index contributed by atoms with van der Waals surface area (Å²) in [5.74, 6) is 1.25. The summed E-state index contributed by atoms with van der Waals surface area (Å²) in [6, 6.07) is 0.557. The van der Waals surface area contributed by atoms with E-state index in [0.717, 1.165) is 32.7 Å². The minimum absolute atomic E-state index is 0.0732. The van der Waals surface area contributed by atoms with Gasteiger partial charge in [-0.1, -0.05) is 201 Å². The molecule has 1 rings (SSSR count). The van der Waals surface area contributed by atoms with Gasteiger partial charge in [0.2, 0.25) is 11.8 Å². The highest BCUT2D eigenvalue weighted by Gasteiger charge is 2.22. The number of carbonyl (C=O) groups is 2. The van der Waals surface area contributed by atoms with Gasteiger partial charge in [-0.25, -0.2) is 0 Å². The average molecular weight is 922 g/mol. The lowest BCUT2D eigenvalue weighted by atomic mass is 9.94. The lowest BCUT2D eigenvalue weighted by molar-refractivity contribution is -0.125. The SMILES string of the molecule is CCCCCCCCC(CCCCCCCC)CNC(=O)CCOCC(CN(C)CCN(CCO)C1CCCCC1)OCCC(=O)NCC(CCCCCCCC)CCCCCCCC. The standard InChI is InChI=1S/C56H112N4O5/c1-6-10-14-18-22-27-33-51(34-28-23-19-15-11-7-2)47-57-55(62)39-45-64-50-54(49-59(5)41-42-60(43-44-61)53-37-31-26-32-38-53)65-46-40-56(63)58-48-52(35-29-24-20-16-12-8-3)36-30-25-21-17-13-9-4/h51-54,61H,6-50H2,1-5H3,(H,57,62)(H,58,63). The van der Waals surface area contributed by atoms with Gasteiger partial charge in [-0.2, -0.15) is 0 Å². The first-order valence-corrected chi connectivity index (χ1v) is 28.6. The van der Waals surface area contributed by atoms with E-state index < -0.39 is 0 Å². The highest BCUT2D eigenvalue weighted by molar-refractivity contribution is 5.76. The number of aliphatic hydroxyl groups excluding tert-OH is 1. The lowest BCUT2D eigenvalue weighted by Gasteiger charge is -2.35. The predicted octanol–water partition coefficient (Wildman–Crippen LogP) is 13.2. The molecule has 65 heavy (non-hydrogen) atoms. The predicted molar refractivity (Wildman–Crippen MR) is 278 cm³/mol. The van der Waals surface area contributed by atoms with E-state index in [1.807, 2.05) is 0 Å². The van der Waals surface area contributed by atoms with E-state index in [2.05, 4.69) is 55.2 Å². The number of nitrogens with one attached hydrogen (secondary N) is 2. The van der Waals surface area contributed by atoms with E-state index in [4.69, 9.17) is 9.47 Å². The topological polar surface area (TPSA) is 103 Å². The lowest BCUT2D eigenvalue weighted by Crippen LogP contribution is -2.44. The summed E-state index contributed by atoms with van der Waals surface area (Å²) < 4.78 is 12.6. The summed E-state index contributed by atoms with van der Waals surface area (Å²) in [5.41, 5.74) is 0. The van der Waals surface area contributed by atoms with Gasteiger partial charge in [-0.15, -0.1) is 0 Å². The smallest absolute Gasteiger partial charge is 0.222 e. The van der Waals surface area contributed by atoms with E-state index in [9.17, 15) is 14.7 Å². The molecule has 0 aromatic heterocycles. The van der Waals surface area contributed by atoms with Crippen LogP contribution in [0.15, 0.2) is 0 Å². The molecule has 0 aromatic carbocycles. The van der Waals surface area contributed by atoms with Crippen LogP contribution >= 0.6 is 0 Å². The monoisotopic (exact) mass is 921 g/mol. The van der Waals surface area contributed by atoms with Crippen LogP contribution in [0.1, 0.15) is 252 Å². The molecule has 1 atom stereocenters. The number of hydrogen-bond acceptors (Lipinski definition) is 7. The third-order valence-electron chi connectivity index (χ3n) is 14.3. The Morgan fingerprint density at radius 1 is 0.554 bits per heavy atom. The molecule has 9 nitrogen and oxygen atoms in total. The van der Waals surface area contributed by atoms with Gasteiger partial charge in [0.1, 0.15) is 0 Å². The van der Waals surface area contributed by atoms with Crippen molar-refractivity contribution in [2.45, 2.75) is 265 Å². The molecule has 0 bridgehead atoms. The fourth-order valence-corrected chi connectivity index (χ4v) is 9.88. The maximum atomic E-state index is 13.2. The molecule has 386 valence electrons. The molecule has 1 aliphatic rings. The summed E-state index contributed by atoms with van der Waals surface area (Å²) in [5, 5.41) is 16.4. The van der Waals surface area contributed by atoms with Gasteiger partial charge in [0.15, 0.2) is 0 Å². The van der Waals surface area contributed by atoms with E-state index in [1.54, 1.807) is 0 Å². The minimum Gasteiger partial charge on any atom is -0.395 e. The molecule has 1 unspecified atom stereocenters. The first-order valence-electron chi connectivity index (χ1n) is 28.6. The molecule has 1 saturated carbocycles. The van der Waals surface area contributed by atoms with Crippen molar-refractivity contribution < 1.29 is 24.2 Å². The zero-order valence-electron chi connectivity index (χ0n) is 44.1. The Bertz CT molecular complexity index is 997. The molecule has 0 aliphatic heterocycles. The number of aliphatic hydroxyl groups is 1. The van der Waals surface area contributed by atoms with Crippen molar-refractivity contribution in [3.63, 3.8) is 0 Å². The summed E-state index contributed by atoms with van der Waals surface area (Å²) in [4.78, 5) is 31.1. The van der Waals surface area contributed by atoms with Gasteiger partial charge in [-0.3, -0.25) is 14.5 Å². The zero-order valence-corrected chi connectivity index (χ0v) is 44.1. The van der Waals surface area contributed by atoms with Gasteiger partial charge in [0.25, 0.3) is 0 Å². The highest BCUT2D eigenvalue weighted by atomic mass is 16.5. The first-order chi connectivity index (χ1) is 31.9. The molecule has 0 radical (unpaired) electrons. The number of likely N-dealkylation sites (N-methyl/N-ethyl adjacent to an activating group) is 1. The number of unbranched alkanes of at least 4 members (excludes halogenated alkanes) is 20. The molecule has 3 N–H and O–H groups in total. The normalized spacial score (nSPS) is 14.1. The van der Waals surface area contributed by atoms with Crippen LogP contribution in [-0.2, 0) is 19.1 Å². The van der Waals surface area contributed by atoms with Gasteiger partial charge in [0, 0.05) is 58.2 Å². The van der Waals surface area contributed by atoms with Crippen LogP contribution in [0.25, 0.3) is 0 Å². The number of ether oxygens (including phenoxy) is 2. The van der Waals surface area contributed by atoms with Crippen LogP contribution in [0.5, 0.6) is 0 Å². The number of carbonyl (C=O) groups excluding carboxylic acids is 2. The number of rotatable bonds is 49. The molecule has 1 aliphatic carbocycles. The van der Waals surface area contributed by atoms with Crippen molar-refractivity contribution in [1.82, 2.24) is 20.4 Å². The zero-order chi connectivity index (χ0) is 47.3. The molecule has 9 heteroatoms. The molecule has 0 aromatic rings. The van der Waals surface area contributed by atoms with E-state index >= 15 is 0 Å². The molecule has 0 saturated heterocycles. The van der Waals surface area contributed by atoms with Gasteiger partial charge >= 0.3 is 0 Å². The number of amides is 2. The van der Waals surface area contributed by atoms with Crippen LogP contribution in [0.2, 0.25) is 0 Å². The van der Waals surface area contributed by atoms with E-state index in [0.29, 0.717) is 57.1 Å². The Hall–Kier alpha value is -1.26. The Kier molecular flexibility index (Phi) is 44.1. The number of hydrogen-bond donors (Lipinski definition) is 3. The second kappa shape index (κ2) is 46.5. The minimum atomic E-state index is -0.205. The average Bonchev–Trinajstić information content (AvgIpc) is 3.31. The molecule has 2 amide bonds. The molecule has 0 spiro atoms. The Balaban J connectivity index is 2.72. The third-order valence-corrected chi connectivity index (χ3v) is 14.3. The van der Waals surface area contributed by atoms with Gasteiger partial charge in [0.05, 0.1) is 32.5 Å². The van der Waals surface area contributed by atoms with Gasteiger partial charge in [-0.05, 0) is 57.4 Å². The quantitative estimate of drug-likeness (QED) is 0.0522. The van der Waals surface area contributed by atoms with Crippen LogP contribution in [0, 0.1) is 11.8 Å². The van der Waals surface area contributed by atoms with Gasteiger partial charge < -0.3 is 30.1 Å². The summed E-state index contributed by atoms with van der Waals surface area (Å²) in [6.45, 7) is 15.1. The van der Waals surface area contributed by atoms with Crippen molar-refractivity contribution in [2.75, 3.05) is 72.7 Å². The highest BCUT2D eigenvalue weighted by Crippen LogP contribution is 2.23. The van der Waals surface area contributed by atoms with Crippen molar-refractivity contribution in [3.05, 3.63) is 0 Å². The maximum Gasteiger partial charge on any atom is 0.222 e. The Morgan fingerprint density at radius 2 is 0.969 bits per heavy atom.